The van der Waals surface area contributed by atoms with Crippen LogP contribution in [0.2, 0.25) is 0 Å². The topological polar surface area (TPSA) is 86.4 Å². The van der Waals surface area contributed by atoms with Gasteiger partial charge in [0.2, 0.25) is 23.6 Å². The van der Waals surface area contributed by atoms with Crippen LogP contribution in [0.3, 0.4) is 0 Å². The Hall–Kier alpha value is -6.80. The van der Waals surface area contributed by atoms with E-state index in [0.29, 0.717) is 50.0 Å². The maximum Gasteiger partial charge on any atom is 0.217 e. The third-order valence-electron chi connectivity index (χ3n) is 10.6. The highest BCUT2D eigenvalue weighted by molar-refractivity contribution is 6.17. The third kappa shape index (κ3) is 6.43. The van der Waals surface area contributed by atoms with Crippen molar-refractivity contribution in [3.8, 4) is 11.1 Å². The van der Waals surface area contributed by atoms with E-state index in [1.54, 1.807) is 0 Å². The van der Waals surface area contributed by atoms with Crippen molar-refractivity contribution in [1.82, 2.24) is 0 Å². The van der Waals surface area contributed by atoms with Crippen LogP contribution in [0.5, 0.6) is 0 Å². The average molecular weight is 735 g/mol. The molecule has 4 atom stereocenters. The zero-order valence-electron chi connectivity index (χ0n) is 30.6. The molecule has 0 amide bonds. The van der Waals surface area contributed by atoms with Crippen molar-refractivity contribution in [3.05, 3.63) is 202 Å². The van der Waals surface area contributed by atoms with E-state index < -0.39 is 0 Å². The van der Waals surface area contributed by atoms with Crippen LogP contribution in [0.25, 0.3) is 11.1 Å². The summed E-state index contributed by atoms with van der Waals surface area (Å²) in [5.74, 6) is 2.18. The van der Waals surface area contributed by atoms with Gasteiger partial charge in [-0.25, -0.2) is 20.0 Å². The second-order valence-corrected chi connectivity index (χ2v) is 14.1. The lowest BCUT2D eigenvalue weighted by atomic mass is 9.87. The maximum atomic E-state index is 6.50. The van der Waals surface area contributed by atoms with Gasteiger partial charge in [0.25, 0.3) is 0 Å². The van der Waals surface area contributed by atoms with Gasteiger partial charge in [0.15, 0.2) is 0 Å². The monoisotopic (exact) mass is 734 g/mol. The molecule has 8 nitrogen and oxygen atoms in total. The van der Waals surface area contributed by atoms with Crippen LogP contribution < -0.4 is 0 Å². The van der Waals surface area contributed by atoms with E-state index in [1.165, 1.54) is 0 Å². The normalized spacial score (nSPS) is 21.2. The summed E-state index contributed by atoms with van der Waals surface area (Å²) in [5.41, 5.74) is 9.27. The molecule has 0 bridgehead atoms. The van der Waals surface area contributed by atoms with Gasteiger partial charge in [0.1, 0.15) is 50.6 Å². The summed E-state index contributed by atoms with van der Waals surface area (Å²) in [5, 5.41) is 0. The molecule has 6 aromatic rings. The Balaban J connectivity index is 1.19. The standard InChI is InChI=1S/C48H38N4O4/c1-5-15-31(16-6-1)39-27-53-45(49-39)35-23-13-24-36(46-50-40(28-54-46)32-17-7-2-8-18-32)43(35)44-37(47-51-41(29-55-47)33-19-9-3-10-20-33)25-14-26-38(44)48-52-42(30-56-48)34-21-11-4-12-22-34/h1-26,39-42H,27-30H2/t39-,40-,41-,42-/m1/s1. The van der Waals surface area contributed by atoms with Crippen molar-refractivity contribution in [3.63, 3.8) is 0 Å². The Kier molecular flexibility index (Phi) is 8.91. The van der Waals surface area contributed by atoms with Gasteiger partial charge in [-0.1, -0.05) is 133 Å². The second-order valence-electron chi connectivity index (χ2n) is 14.1. The molecule has 0 unspecified atom stereocenters. The Labute approximate surface area is 325 Å². The number of nitrogens with zero attached hydrogens (tertiary/aromatic N) is 4. The summed E-state index contributed by atoms with van der Waals surface area (Å²) in [7, 11) is 0. The first-order chi connectivity index (χ1) is 27.8. The summed E-state index contributed by atoms with van der Waals surface area (Å²) < 4.78 is 26.0. The zero-order chi connectivity index (χ0) is 37.3. The number of hydrogen-bond acceptors (Lipinski definition) is 8. The summed E-state index contributed by atoms with van der Waals surface area (Å²) in [6, 6.07) is 52.7. The largest absolute Gasteiger partial charge is 0.475 e. The maximum absolute atomic E-state index is 6.50. The quantitative estimate of drug-likeness (QED) is 0.148. The van der Waals surface area contributed by atoms with Crippen molar-refractivity contribution in [2.75, 3.05) is 26.4 Å². The van der Waals surface area contributed by atoms with Gasteiger partial charge < -0.3 is 18.9 Å². The fourth-order valence-corrected chi connectivity index (χ4v) is 7.82. The summed E-state index contributed by atoms with van der Waals surface area (Å²) in [4.78, 5) is 20.8. The van der Waals surface area contributed by atoms with Crippen LogP contribution >= 0.6 is 0 Å². The first kappa shape index (κ1) is 33.7. The number of benzene rings is 6. The van der Waals surface area contributed by atoms with E-state index in [-0.39, 0.29) is 24.2 Å². The van der Waals surface area contributed by atoms with Crippen molar-refractivity contribution in [2.45, 2.75) is 24.2 Å². The van der Waals surface area contributed by atoms with Crippen LogP contribution in [0.1, 0.15) is 68.7 Å². The van der Waals surface area contributed by atoms with Crippen molar-refractivity contribution in [1.29, 1.82) is 0 Å². The molecule has 4 heterocycles. The molecule has 0 saturated heterocycles. The van der Waals surface area contributed by atoms with E-state index in [0.717, 1.165) is 55.6 Å². The van der Waals surface area contributed by atoms with Gasteiger partial charge in [0, 0.05) is 33.4 Å². The summed E-state index contributed by atoms with van der Waals surface area (Å²) in [6.07, 6.45) is 0. The molecule has 10 rings (SSSR count). The van der Waals surface area contributed by atoms with Gasteiger partial charge in [-0.2, -0.15) is 0 Å². The highest BCUT2D eigenvalue weighted by atomic mass is 16.5. The molecule has 274 valence electrons. The fraction of sp³-hybridized carbons (Fsp3) is 0.167. The lowest BCUT2D eigenvalue weighted by molar-refractivity contribution is 0.318. The highest BCUT2D eigenvalue weighted by Crippen LogP contribution is 2.41. The molecule has 0 N–H and O–H groups in total. The van der Waals surface area contributed by atoms with Crippen molar-refractivity contribution in [2.24, 2.45) is 20.0 Å². The molecule has 0 aromatic heterocycles. The van der Waals surface area contributed by atoms with Crippen LogP contribution in [0.4, 0.5) is 0 Å². The Morgan fingerprint density at radius 3 is 0.750 bits per heavy atom. The molecule has 6 aromatic carbocycles. The fourth-order valence-electron chi connectivity index (χ4n) is 7.82. The van der Waals surface area contributed by atoms with Crippen molar-refractivity contribution >= 4 is 23.6 Å². The van der Waals surface area contributed by atoms with Crippen LogP contribution in [0.15, 0.2) is 178 Å². The molecular weight excluding hydrogens is 697 g/mol. The van der Waals surface area contributed by atoms with E-state index in [1.807, 2.05) is 84.9 Å². The van der Waals surface area contributed by atoms with Crippen LogP contribution in [0, 0.1) is 0 Å². The number of rotatable bonds is 9. The Bertz CT molecular complexity index is 2160. The Morgan fingerprint density at radius 1 is 0.286 bits per heavy atom. The minimum absolute atomic E-state index is 0.150. The van der Waals surface area contributed by atoms with Gasteiger partial charge in [-0.15, -0.1) is 0 Å². The minimum atomic E-state index is -0.150. The number of hydrogen-bond donors (Lipinski definition) is 0. The van der Waals surface area contributed by atoms with Crippen molar-refractivity contribution < 1.29 is 18.9 Å². The molecule has 0 fully saturated rings. The van der Waals surface area contributed by atoms with Crippen LogP contribution in [-0.2, 0) is 18.9 Å². The molecule has 0 saturated carbocycles. The molecule has 0 aliphatic carbocycles. The second kappa shape index (κ2) is 14.8. The lowest BCUT2D eigenvalue weighted by Gasteiger charge is -2.20. The van der Waals surface area contributed by atoms with Gasteiger partial charge in [-0.05, 0) is 46.5 Å². The van der Waals surface area contributed by atoms with Gasteiger partial charge in [-0.3, -0.25) is 0 Å². The van der Waals surface area contributed by atoms with E-state index >= 15 is 0 Å². The predicted molar refractivity (Wildman–Crippen MR) is 219 cm³/mol. The first-order valence-electron chi connectivity index (χ1n) is 19.1. The molecule has 56 heavy (non-hydrogen) atoms. The zero-order valence-corrected chi connectivity index (χ0v) is 30.6. The molecular formula is C48H38N4O4. The first-order valence-corrected chi connectivity index (χ1v) is 19.1. The number of ether oxygens (including phenoxy) is 4. The van der Waals surface area contributed by atoms with Gasteiger partial charge in [0.05, 0.1) is 0 Å². The van der Waals surface area contributed by atoms with E-state index in [9.17, 15) is 0 Å². The molecule has 8 heteroatoms. The highest BCUT2D eigenvalue weighted by Gasteiger charge is 2.35. The van der Waals surface area contributed by atoms with Crippen LogP contribution in [-0.4, -0.2) is 50.0 Å². The third-order valence-corrected chi connectivity index (χ3v) is 10.6. The van der Waals surface area contributed by atoms with E-state index in [4.69, 9.17) is 38.9 Å². The molecule has 0 radical (unpaired) electrons. The molecule has 0 spiro atoms. The summed E-state index contributed by atoms with van der Waals surface area (Å²) in [6.45, 7) is 1.70. The van der Waals surface area contributed by atoms with E-state index in [2.05, 4.69) is 72.8 Å². The SMILES string of the molecule is c1ccc([C@H]2COC(c3cccc(C4=N[C@@H](c5ccccc5)CO4)c3-c3c(C4=N[C@@H](c5ccccc5)CO4)cccc3C3=N[C@@H](c4ccccc4)CO3)=N2)cc1. The molecule has 4 aliphatic heterocycles. The summed E-state index contributed by atoms with van der Waals surface area (Å²) >= 11 is 0. The molecule has 4 aliphatic rings. The Morgan fingerprint density at radius 2 is 0.518 bits per heavy atom. The van der Waals surface area contributed by atoms with Gasteiger partial charge >= 0.3 is 0 Å². The smallest absolute Gasteiger partial charge is 0.217 e. The predicted octanol–water partition coefficient (Wildman–Crippen LogP) is 9.43. The average Bonchev–Trinajstić information content (AvgIpc) is 4.12. The lowest BCUT2D eigenvalue weighted by Crippen LogP contribution is -2.15. The number of aliphatic imine (C=N–C) groups is 4. The minimum Gasteiger partial charge on any atom is -0.475 e.